The van der Waals surface area contributed by atoms with E-state index in [1.165, 1.54) is 4.90 Å². The standard InChI is InChI=1S/C12H14BrNO4S/c13-9-2-1-3-11(8-9)19(17,18)10-4-6-14(7-5-10)12(15)16/h1-3,8,10H,4-7H2,(H,15,16). The molecule has 1 aliphatic rings. The Kier molecular flexibility index (Phi) is 4.15. The Morgan fingerprint density at radius 3 is 2.47 bits per heavy atom. The van der Waals surface area contributed by atoms with Gasteiger partial charge in [-0.1, -0.05) is 22.0 Å². The average Bonchev–Trinajstić information content (AvgIpc) is 2.39. The second kappa shape index (κ2) is 5.50. The van der Waals surface area contributed by atoms with Crippen molar-refractivity contribution in [2.75, 3.05) is 13.1 Å². The van der Waals surface area contributed by atoms with Gasteiger partial charge in [0.1, 0.15) is 0 Å². The molecule has 1 N–H and O–H groups in total. The van der Waals surface area contributed by atoms with Gasteiger partial charge in [0, 0.05) is 17.6 Å². The number of amides is 1. The summed E-state index contributed by atoms with van der Waals surface area (Å²) in [5.74, 6) is 0. The minimum absolute atomic E-state index is 0.271. The smallest absolute Gasteiger partial charge is 0.407 e. The van der Waals surface area contributed by atoms with E-state index in [-0.39, 0.29) is 18.0 Å². The Hall–Kier alpha value is -1.08. The third-order valence-corrected chi connectivity index (χ3v) is 6.03. The number of halogens is 1. The number of benzene rings is 1. The van der Waals surface area contributed by atoms with Crippen molar-refractivity contribution in [2.24, 2.45) is 0 Å². The number of likely N-dealkylation sites (tertiary alicyclic amines) is 1. The Balaban J connectivity index is 2.16. The van der Waals surface area contributed by atoms with E-state index in [0.29, 0.717) is 12.8 Å². The first-order chi connectivity index (χ1) is 8.91. The van der Waals surface area contributed by atoms with E-state index in [2.05, 4.69) is 15.9 Å². The van der Waals surface area contributed by atoms with Gasteiger partial charge in [-0.25, -0.2) is 13.2 Å². The molecule has 7 heteroatoms. The Morgan fingerprint density at radius 1 is 1.32 bits per heavy atom. The third kappa shape index (κ3) is 3.09. The second-order valence-electron chi connectivity index (χ2n) is 4.47. The molecule has 0 spiro atoms. The van der Waals surface area contributed by atoms with Crippen LogP contribution in [0.5, 0.6) is 0 Å². The lowest BCUT2D eigenvalue weighted by Crippen LogP contribution is -2.41. The van der Waals surface area contributed by atoms with Crippen molar-refractivity contribution < 1.29 is 18.3 Å². The van der Waals surface area contributed by atoms with Crippen LogP contribution in [0.1, 0.15) is 12.8 Å². The quantitative estimate of drug-likeness (QED) is 0.890. The zero-order chi connectivity index (χ0) is 14.0. The minimum Gasteiger partial charge on any atom is -0.465 e. The normalized spacial score (nSPS) is 17.4. The third-order valence-electron chi connectivity index (χ3n) is 3.28. The number of carboxylic acid groups (broad SMARTS) is 1. The van der Waals surface area contributed by atoms with Crippen molar-refractivity contribution in [3.63, 3.8) is 0 Å². The summed E-state index contributed by atoms with van der Waals surface area (Å²) in [6.45, 7) is 0.542. The summed E-state index contributed by atoms with van der Waals surface area (Å²) in [6, 6.07) is 6.61. The number of hydrogen-bond donors (Lipinski definition) is 1. The number of piperidine rings is 1. The van der Waals surface area contributed by atoms with Crippen LogP contribution in [0.2, 0.25) is 0 Å². The van der Waals surface area contributed by atoms with E-state index in [4.69, 9.17) is 5.11 Å². The fourth-order valence-corrected chi connectivity index (χ4v) is 4.52. The second-order valence-corrected chi connectivity index (χ2v) is 7.62. The zero-order valence-corrected chi connectivity index (χ0v) is 12.5. The van der Waals surface area contributed by atoms with Crippen LogP contribution < -0.4 is 0 Å². The van der Waals surface area contributed by atoms with Crippen molar-refractivity contribution in [3.05, 3.63) is 28.7 Å². The van der Waals surface area contributed by atoms with E-state index in [1.54, 1.807) is 24.3 Å². The fourth-order valence-electron chi connectivity index (χ4n) is 2.19. The largest absolute Gasteiger partial charge is 0.465 e. The molecule has 19 heavy (non-hydrogen) atoms. The molecule has 0 aromatic heterocycles. The maximum atomic E-state index is 12.4. The van der Waals surface area contributed by atoms with Crippen LogP contribution >= 0.6 is 15.9 Å². The number of sulfone groups is 1. The van der Waals surface area contributed by atoms with Crippen LogP contribution in [0.15, 0.2) is 33.6 Å². The van der Waals surface area contributed by atoms with E-state index in [1.807, 2.05) is 0 Å². The van der Waals surface area contributed by atoms with Gasteiger partial charge in [0.05, 0.1) is 10.1 Å². The van der Waals surface area contributed by atoms with Crippen molar-refractivity contribution in [2.45, 2.75) is 23.0 Å². The van der Waals surface area contributed by atoms with Crippen LogP contribution in [-0.4, -0.2) is 42.9 Å². The molecule has 1 aromatic rings. The highest BCUT2D eigenvalue weighted by Gasteiger charge is 2.32. The molecule has 1 saturated heterocycles. The van der Waals surface area contributed by atoms with E-state index >= 15 is 0 Å². The summed E-state index contributed by atoms with van der Waals surface area (Å²) in [5, 5.41) is 8.35. The van der Waals surface area contributed by atoms with E-state index in [0.717, 1.165) is 4.47 Å². The van der Waals surface area contributed by atoms with Crippen molar-refractivity contribution in [3.8, 4) is 0 Å². The number of carbonyl (C=O) groups is 1. The van der Waals surface area contributed by atoms with Gasteiger partial charge in [-0.2, -0.15) is 0 Å². The summed E-state index contributed by atoms with van der Waals surface area (Å²) in [7, 11) is -3.38. The van der Waals surface area contributed by atoms with Crippen LogP contribution in [-0.2, 0) is 9.84 Å². The highest BCUT2D eigenvalue weighted by Crippen LogP contribution is 2.26. The predicted molar refractivity (Wildman–Crippen MR) is 73.9 cm³/mol. The Labute approximate surface area is 120 Å². The van der Waals surface area contributed by atoms with E-state index in [9.17, 15) is 13.2 Å². The van der Waals surface area contributed by atoms with Gasteiger partial charge in [0.25, 0.3) is 0 Å². The summed E-state index contributed by atoms with van der Waals surface area (Å²) in [5.41, 5.74) is 0. The maximum absolute atomic E-state index is 12.4. The summed E-state index contributed by atoms with van der Waals surface area (Å²) >= 11 is 3.26. The van der Waals surface area contributed by atoms with Gasteiger partial charge in [0.2, 0.25) is 0 Å². The maximum Gasteiger partial charge on any atom is 0.407 e. The molecule has 0 atom stereocenters. The molecule has 5 nitrogen and oxygen atoms in total. The van der Waals surface area contributed by atoms with Gasteiger partial charge >= 0.3 is 6.09 Å². The van der Waals surface area contributed by atoms with Gasteiger partial charge in [-0.05, 0) is 31.0 Å². The Bertz CT molecular complexity index is 579. The molecular formula is C12H14BrNO4S. The molecule has 1 aliphatic heterocycles. The van der Waals surface area contributed by atoms with Crippen LogP contribution in [0, 0.1) is 0 Å². The highest BCUT2D eigenvalue weighted by atomic mass is 79.9. The van der Waals surface area contributed by atoms with Crippen LogP contribution in [0.25, 0.3) is 0 Å². The average molecular weight is 348 g/mol. The summed E-state index contributed by atoms with van der Waals surface area (Å²) in [4.78, 5) is 12.3. The Morgan fingerprint density at radius 2 is 1.95 bits per heavy atom. The molecule has 0 unspecified atom stereocenters. The first-order valence-corrected chi connectivity index (χ1v) is 8.22. The lowest BCUT2D eigenvalue weighted by atomic mass is 10.1. The molecule has 0 bridgehead atoms. The lowest BCUT2D eigenvalue weighted by Gasteiger charge is -2.29. The first kappa shape index (κ1) is 14.3. The number of hydrogen-bond acceptors (Lipinski definition) is 3. The van der Waals surface area contributed by atoms with Gasteiger partial charge in [0.15, 0.2) is 9.84 Å². The number of rotatable bonds is 2. The van der Waals surface area contributed by atoms with Crippen molar-refractivity contribution >= 4 is 31.9 Å². The van der Waals surface area contributed by atoms with Gasteiger partial charge in [-0.3, -0.25) is 0 Å². The SMILES string of the molecule is O=C(O)N1CCC(S(=O)(=O)c2cccc(Br)c2)CC1. The van der Waals surface area contributed by atoms with Gasteiger partial charge < -0.3 is 10.0 Å². The van der Waals surface area contributed by atoms with Crippen molar-refractivity contribution in [1.82, 2.24) is 4.90 Å². The van der Waals surface area contributed by atoms with Crippen LogP contribution in [0.3, 0.4) is 0 Å². The van der Waals surface area contributed by atoms with Crippen molar-refractivity contribution in [1.29, 1.82) is 0 Å². The number of nitrogens with zero attached hydrogens (tertiary/aromatic N) is 1. The molecule has 0 saturated carbocycles. The molecule has 104 valence electrons. The predicted octanol–water partition coefficient (Wildman–Crippen LogP) is 2.37. The molecule has 0 radical (unpaired) electrons. The highest BCUT2D eigenvalue weighted by molar-refractivity contribution is 9.10. The molecule has 1 fully saturated rings. The molecule has 1 amide bonds. The molecular weight excluding hydrogens is 334 g/mol. The summed E-state index contributed by atoms with van der Waals surface area (Å²) in [6.07, 6.45) is -0.291. The monoisotopic (exact) mass is 347 g/mol. The van der Waals surface area contributed by atoms with Crippen LogP contribution in [0.4, 0.5) is 4.79 Å². The molecule has 2 rings (SSSR count). The summed E-state index contributed by atoms with van der Waals surface area (Å²) < 4.78 is 25.6. The lowest BCUT2D eigenvalue weighted by molar-refractivity contribution is 0.136. The van der Waals surface area contributed by atoms with Gasteiger partial charge in [-0.15, -0.1) is 0 Å². The minimum atomic E-state index is -3.38. The first-order valence-electron chi connectivity index (χ1n) is 5.88. The molecule has 1 aromatic carbocycles. The van der Waals surface area contributed by atoms with E-state index < -0.39 is 21.2 Å². The molecule has 1 heterocycles. The molecule has 0 aliphatic carbocycles. The topological polar surface area (TPSA) is 74.7 Å². The zero-order valence-electron chi connectivity index (χ0n) is 10.1. The fraction of sp³-hybridized carbons (Fsp3) is 0.417.